The Balaban J connectivity index is 2.81. The monoisotopic (exact) mass is 155 g/mol. The first kappa shape index (κ1) is 7.47. The molecular weight excluding hydrogens is 145 g/mol. The third-order valence-electron chi connectivity index (χ3n) is 2.23. The molecule has 0 aliphatic carbocycles. The molecule has 0 spiro atoms. The van der Waals surface area contributed by atoms with Crippen molar-refractivity contribution >= 4 is 18.7 Å². The van der Waals surface area contributed by atoms with E-state index in [-0.39, 0.29) is 0 Å². The van der Waals surface area contributed by atoms with E-state index in [1.165, 1.54) is 22.2 Å². The van der Waals surface area contributed by atoms with E-state index in [9.17, 15) is 0 Å². The van der Waals surface area contributed by atoms with Gasteiger partial charge in [-0.15, -0.1) is 0 Å². The topological polar surface area (TPSA) is 15.8 Å². The van der Waals surface area contributed by atoms with Crippen molar-refractivity contribution in [1.29, 1.82) is 0 Å². The molecule has 0 saturated heterocycles. The molecule has 1 N–H and O–H groups in total. The van der Waals surface area contributed by atoms with Crippen LogP contribution in [0.25, 0.3) is 10.9 Å². The molecule has 0 atom stereocenters. The summed E-state index contributed by atoms with van der Waals surface area (Å²) >= 11 is 0. The molecule has 0 saturated carbocycles. The molecule has 2 heteroatoms. The molecule has 1 aromatic heterocycles. The van der Waals surface area contributed by atoms with Crippen molar-refractivity contribution in [2.24, 2.45) is 0 Å². The SMILES string of the molecule is [B]Cc1c(C)[nH]c2ccccc12. The molecule has 1 aromatic carbocycles. The van der Waals surface area contributed by atoms with Gasteiger partial charge in [-0.05, 0) is 18.6 Å². The van der Waals surface area contributed by atoms with Crippen LogP contribution in [0.15, 0.2) is 24.3 Å². The van der Waals surface area contributed by atoms with E-state index in [0.29, 0.717) is 6.32 Å². The Morgan fingerprint density at radius 1 is 1.33 bits per heavy atom. The Bertz CT molecular complexity index is 403. The molecule has 2 rings (SSSR count). The second-order valence-electron chi connectivity index (χ2n) is 2.98. The highest BCUT2D eigenvalue weighted by molar-refractivity contribution is 6.10. The summed E-state index contributed by atoms with van der Waals surface area (Å²) in [5.41, 5.74) is 3.58. The van der Waals surface area contributed by atoms with E-state index in [1.54, 1.807) is 0 Å². The number of nitrogens with one attached hydrogen (secondary N) is 1. The summed E-state index contributed by atoms with van der Waals surface area (Å²) in [6.07, 6.45) is 0.607. The summed E-state index contributed by atoms with van der Waals surface area (Å²) in [4.78, 5) is 3.30. The third-order valence-corrected chi connectivity index (χ3v) is 2.23. The summed E-state index contributed by atoms with van der Waals surface area (Å²) in [7, 11) is 5.64. The Kier molecular flexibility index (Phi) is 1.68. The number of hydrogen-bond donors (Lipinski definition) is 1. The van der Waals surface area contributed by atoms with Crippen LogP contribution in [-0.4, -0.2) is 12.8 Å². The first-order chi connectivity index (χ1) is 5.83. The Labute approximate surface area is 73.2 Å². The van der Waals surface area contributed by atoms with Gasteiger partial charge in [-0.25, -0.2) is 0 Å². The van der Waals surface area contributed by atoms with Gasteiger partial charge in [0.2, 0.25) is 0 Å². The molecular formula is C10H10BN. The van der Waals surface area contributed by atoms with Gasteiger partial charge in [-0.2, -0.15) is 0 Å². The zero-order valence-corrected chi connectivity index (χ0v) is 7.09. The Morgan fingerprint density at radius 2 is 2.08 bits per heavy atom. The highest BCUT2D eigenvalue weighted by atomic mass is 14.7. The van der Waals surface area contributed by atoms with Crippen molar-refractivity contribution in [3.05, 3.63) is 35.5 Å². The van der Waals surface area contributed by atoms with E-state index < -0.39 is 0 Å². The van der Waals surface area contributed by atoms with Crippen molar-refractivity contribution in [3.63, 3.8) is 0 Å². The average molecular weight is 155 g/mol. The van der Waals surface area contributed by atoms with Crippen LogP contribution in [0.1, 0.15) is 11.3 Å². The van der Waals surface area contributed by atoms with Crippen molar-refractivity contribution in [3.8, 4) is 0 Å². The van der Waals surface area contributed by atoms with Crippen LogP contribution in [0.3, 0.4) is 0 Å². The first-order valence-electron chi connectivity index (χ1n) is 4.09. The molecule has 0 fully saturated rings. The molecule has 2 radical (unpaired) electrons. The largest absolute Gasteiger partial charge is 0.358 e. The van der Waals surface area contributed by atoms with Crippen LogP contribution in [0.5, 0.6) is 0 Å². The summed E-state index contributed by atoms with van der Waals surface area (Å²) in [5.74, 6) is 0. The lowest BCUT2D eigenvalue weighted by atomic mass is 9.95. The zero-order valence-electron chi connectivity index (χ0n) is 7.09. The fourth-order valence-electron chi connectivity index (χ4n) is 1.60. The Hall–Kier alpha value is -1.18. The lowest BCUT2D eigenvalue weighted by Gasteiger charge is -1.93. The zero-order chi connectivity index (χ0) is 8.55. The maximum absolute atomic E-state index is 5.64. The van der Waals surface area contributed by atoms with Gasteiger partial charge in [0.25, 0.3) is 0 Å². The van der Waals surface area contributed by atoms with Gasteiger partial charge in [0, 0.05) is 16.6 Å². The van der Waals surface area contributed by atoms with E-state index in [4.69, 9.17) is 7.85 Å². The average Bonchev–Trinajstić information content (AvgIpc) is 2.40. The smallest absolute Gasteiger partial charge is 0.0717 e. The van der Waals surface area contributed by atoms with E-state index in [0.717, 1.165) is 0 Å². The molecule has 1 heterocycles. The highest BCUT2D eigenvalue weighted by Gasteiger charge is 2.03. The van der Waals surface area contributed by atoms with Crippen molar-refractivity contribution in [2.45, 2.75) is 13.2 Å². The van der Waals surface area contributed by atoms with Crippen LogP contribution in [0, 0.1) is 6.92 Å². The maximum Gasteiger partial charge on any atom is 0.0717 e. The van der Waals surface area contributed by atoms with Gasteiger partial charge in [-0.1, -0.05) is 24.5 Å². The first-order valence-corrected chi connectivity index (χ1v) is 4.09. The fraction of sp³-hybridized carbons (Fsp3) is 0.200. The molecule has 0 aliphatic rings. The molecule has 0 amide bonds. The molecule has 58 valence electrons. The van der Waals surface area contributed by atoms with Crippen molar-refractivity contribution < 1.29 is 0 Å². The van der Waals surface area contributed by atoms with Crippen LogP contribution in [0.4, 0.5) is 0 Å². The summed E-state index contributed by atoms with van der Waals surface area (Å²) in [6, 6.07) is 8.23. The van der Waals surface area contributed by atoms with Crippen molar-refractivity contribution in [2.75, 3.05) is 0 Å². The lowest BCUT2D eigenvalue weighted by molar-refractivity contribution is 1.24. The number of rotatable bonds is 1. The summed E-state index contributed by atoms with van der Waals surface area (Å²) in [6.45, 7) is 2.06. The highest BCUT2D eigenvalue weighted by Crippen LogP contribution is 2.20. The molecule has 0 unspecified atom stereocenters. The van der Waals surface area contributed by atoms with E-state index in [2.05, 4.69) is 24.0 Å². The van der Waals surface area contributed by atoms with Crippen LogP contribution in [0.2, 0.25) is 0 Å². The number of para-hydroxylation sites is 1. The quantitative estimate of drug-likeness (QED) is 0.607. The van der Waals surface area contributed by atoms with Gasteiger partial charge in [0.1, 0.15) is 0 Å². The lowest BCUT2D eigenvalue weighted by Crippen LogP contribution is -1.83. The molecule has 0 bridgehead atoms. The number of fused-ring (bicyclic) bond motifs is 1. The normalized spacial score (nSPS) is 10.8. The van der Waals surface area contributed by atoms with Crippen LogP contribution >= 0.6 is 0 Å². The second kappa shape index (κ2) is 2.70. The molecule has 0 aliphatic heterocycles. The Morgan fingerprint density at radius 3 is 2.83 bits per heavy atom. The number of H-pyrrole nitrogens is 1. The molecule has 2 aromatic rings. The minimum Gasteiger partial charge on any atom is -0.358 e. The minimum atomic E-state index is 0.607. The third kappa shape index (κ3) is 0.952. The number of benzene rings is 1. The predicted octanol–water partition coefficient (Wildman–Crippen LogP) is 2.14. The fourth-order valence-corrected chi connectivity index (χ4v) is 1.60. The van der Waals surface area contributed by atoms with E-state index in [1.807, 2.05) is 12.1 Å². The number of aryl methyl sites for hydroxylation is 1. The molecule has 1 nitrogen and oxygen atoms in total. The maximum atomic E-state index is 5.64. The standard InChI is InChI=1S/C10H10BN/c1-7-9(6-11)8-4-2-3-5-10(8)12-7/h2-5,12H,6H2,1H3. The van der Waals surface area contributed by atoms with Crippen LogP contribution < -0.4 is 0 Å². The van der Waals surface area contributed by atoms with Crippen LogP contribution in [-0.2, 0) is 6.32 Å². The minimum absolute atomic E-state index is 0.607. The summed E-state index contributed by atoms with van der Waals surface area (Å²) in [5, 5.41) is 1.25. The number of aromatic amines is 1. The van der Waals surface area contributed by atoms with E-state index >= 15 is 0 Å². The summed E-state index contributed by atoms with van der Waals surface area (Å²) < 4.78 is 0. The predicted molar refractivity (Wildman–Crippen MR) is 52.5 cm³/mol. The number of aromatic nitrogens is 1. The second-order valence-corrected chi connectivity index (χ2v) is 2.98. The van der Waals surface area contributed by atoms with Gasteiger partial charge < -0.3 is 4.98 Å². The van der Waals surface area contributed by atoms with Gasteiger partial charge in [0.15, 0.2) is 0 Å². The number of hydrogen-bond acceptors (Lipinski definition) is 0. The molecule has 12 heavy (non-hydrogen) atoms. The van der Waals surface area contributed by atoms with Gasteiger partial charge in [-0.3, -0.25) is 0 Å². The van der Waals surface area contributed by atoms with Gasteiger partial charge >= 0.3 is 0 Å². The van der Waals surface area contributed by atoms with Crippen molar-refractivity contribution in [1.82, 2.24) is 4.98 Å². The van der Waals surface area contributed by atoms with Gasteiger partial charge in [0.05, 0.1) is 7.85 Å².